The highest BCUT2D eigenvalue weighted by Crippen LogP contribution is 2.24. The summed E-state index contributed by atoms with van der Waals surface area (Å²) in [5.41, 5.74) is 6.76. The predicted molar refractivity (Wildman–Crippen MR) is 78.1 cm³/mol. The first kappa shape index (κ1) is 13.5. The lowest BCUT2D eigenvalue weighted by Gasteiger charge is -2.08. The number of ether oxygens (including phenoxy) is 1. The Labute approximate surface area is 119 Å². The smallest absolute Gasteiger partial charge is 0.124 e. The SMILES string of the molecule is Cc1ncc(COc2ccc(Br)c(CCN)c2)s1. The molecule has 2 rings (SSSR count). The van der Waals surface area contributed by atoms with Crippen molar-refractivity contribution in [2.75, 3.05) is 6.54 Å². The molecule has 0 spiro atoms. The molecule has 18 heavy (non-hydrogen) atoms. The Kier molecular flexibility index (Phi) is 4.74. The zero-order chi connectivity index (χ0) is 13.0. The van der Waals surface area contributed by atoms with Crippen LogP contribution in [0.3, 0.4) is 0 Å². The molecule has 0 amide bonds. The van der Waals surface area contributed by atoms with Gasteiger partial charge >= 0.3 is 0 Å². The summed E-state index contributed by atoms with van der Waals surface area (Å²) in [6, 6.07) is 5.99. The number of hydrogen-bond donors (Lipinski definition) is 1. The van der Waals surface area contributed by atoms with Crippen LogP contribution in [-0.4, -0.2) is 11.5 Å². The molecule has 0 aliphatic heterocycles. The summed E-state index contributed by atoms with van der Waals surface area (Å²) in [4.78, 5) is 5.34. The molecule has 0 radical (unpaired) electrons. The summed E-state index contributed by atoms with van der Waals surface area (Å²) in [5, 5.41) is 1.06. The molecule has 1 aromatic carbocycles. The van der Waals surface area contributed by atoms with Crippen molar-refractivity contribution in [1.82, 2.24) is 4.98 Å². The summed E-state index contributed by atoms with van der Waals surface area (Å²) in [5.74, 6) is 0.868. The second-order valence-electron chi connectivity index (χ2n) is 3.93. The lowest BCUT2D eigenvalue weighted by Crippen LogP contribution is -2.03. The number of benzene rings is 1. The standard InChI is InChI=1S/C13H15BrN2OS/c1-9-16-7-12(18-9)8-17-11-2-3-13(14)10(6-11)4-5-15/h2-3,6-7H,4-5,8,15H2,1H3. The molecule has 1 aromatic heterocycles. The molecule has 0 bridgehead atoms. The van der Waals surface area contributed by atoms with Crippen LogP contribution in [0.1, 0.15) is 15.4 Å². The number of halogens is 1. The Morgan fingerprint density at radius 2 is 2.28 bits per heavy atom. The average molecular weight is 327 g/mol. The summed E-state index contributed by atoms with van der Waals surface area (Å²) in [6.45, 7) is 3.19. The van der Waals surface area contributed by atoms with Gasteiger partial charge in [-0.3, -0.25) is 0 Å². The quantitative estimate of drug-likeness (QED) is 0.917. The van der Waals surface area contributed by atoms with Gasteiger partial charge in [-0.25, -0.2) is 4.98 Å². The van der Waals surface area contributed by atoms with E-state index in [0.29, 0.717) is 13.2 Å². The summed E-state index contributed by atoms with van der Waals surface area (Å²) in [6.07, 6.45) is 2.71. The molecule has 0 atom stereocenters. The second-order valence-corrected chi connectivity index (χ2v) is 6.10. The third-order valence-electron chi connectivity index (χ3n) is 2.48. The number of hydrogen-bond acceptors (Lipinski definition) is 4. The van der Waals surface area contributed by atoms with Crippen molar-refractivity contribution in [2.24, 2.45) is 5.73 Å². The van der Waals surface area contributed by atoms with Gasteiger partial charge in [0.1, 0.15) is 12.4 Å². The van der Waals surface area contributed by atoms with Crippen molar-refractivity contribution in [1.29, 1.82) is 0 Å². The largest absolute Gasteiger partial charge is 0.488 e. The lowest BCUT2D eigenvalue weighted by atomic mass is 10.1. The van der Waals surface area contributed by atoms with E-state index in [2.05, 4.69) is 20.9 Å². The zero-order valence-electron chi connectivity index (χ0n) is 10.1. The summed E-state index contributed by atoms with van der Waals surface area (Å²) >= 11 is 5.17. The van der Waals surface area contributed by atoms with Crippen LogP contribution in [0.15, 0.2) is 28.9 Å². The van der Waals surface area contributed by atoms with Crippen LogP contribution in [0.4, 0.5) is 0 Å². The highest BCUT2D eigenvalue weighted by atomic mass is 79.9. The van der Waals surface area contributed by atoms with Crippen molar-refractivity contribution in [3.05, 3.63) is 44.3 Å². The van der Waals surface area contributed by atoms with Gasteiger partial charge in [0.25, 0.3) is 0 Å². The van der Waals surface area contributed by atoms with Crippen molar-refractivity contribution in [3.8, 4) is 5.75 Å². The van der Waals surface area contributed by atoms with Gasteiger partial charge in [-0.05, 0) is 43.7 Å². The Bertz CT molecular complexity index is 527. The zero-order valence-corrected chi connectivity index (χ0v) is 12.6. The second kappa shape index (κ2) is 6.31. The van der Waals surface area contributed by atoms with E-state index < -0.39 is 0 Å². The molecule has 0 aliphatic rings. The summed E-state index contributed by atoms with van der Waals surface area (Å²) < 4.78 is 6.83. The first-order chi connectivity index (χ1) is 8.69. The van der Waals surface area contributed by atoms with Crippen molar-refractivity contribution >= 4 is 27.3 Å². The first-order valence-electron chi connectivity index (χ1n) is 5.71. The number of aryl methyl sites for hydroxylation is 1. The molecular weight excluding hydrogens is 312 g/mol. The van der Waals surface area contributed by atoms with E-state index in [0.717, 1.165) is 26.5 Å². The molecule has 1 heterocycles. The van der Waals surface area contributed by atoms with Gasteiger partial charge in [-0.15, -0.1) is 11.3 Å². The van der Waals surface area contributed by atoms with Crippen LogP contribution >= 0.6 is 27.3 Å². The van der Waals surface area contributed by atoms with Crippen LogP contribution in [0.2, 0.25) is 0 Å². The molecular formula is C13H15BrN2OS. The molecule has 0 saturated heterocycles. The average Bonchev–Trinajstić information content (AvgIpc) is 2.76. The number of nitrogens with zero attached hydrogens (tertiary/aromatic N) is 1. The Balaban J connectivity index is 2.03. The molecule has 0 unspecified atom stereocenters. The number of thiazole rings is 1. The monoisotopic (exact) mass is 326 g/mol. The van der Waals surface area contributed by atoms with Gasteiger partial charge in [0.05, 0.1) is 9.88 Å². The Hall–Kier alpha value is -0.910. The highest BCUT2D eigenvalue weighted by molar-refractivity contribution is 9.10. The van der Waals surface area contributed by atoms with Gasteiger partial charge in [0.2, 0.25) is 0 Å². The predicted octanol–water partition coefficient (Wildman–Crippen LogP) is 3.29. The van der Waals surface area contributed by atoms with E-state index in [-0.39, 0.29) is 0 Å². The molecule has 5 heteroatoms. The third-order valence-corrected chi connectivity index (χ3v) is 4.14. The normalized spacial score (nSPS) is 10.6. The minimum absolute atomic E-state index is 0.565. The molecule has 2 aromatic rings. The van der Waals surface area contributed by atoms with Gasteiger partial charge in [0, 0.05) is 10.7 Å². The van der Waals surface area contributed by atoms with Crippen LogP contribution in [0, 0.1) is 6.92 Å². The van der Waals surface area contributed by atoms with E-state index in [4.69, 9.17) is 10.5 Å². The third kappa shape index (κ3) is 3.54. The fraction of sp³-hybridized carbons (Fsp3) is 0.308. The molecule has 0 saturated carbocycles. The van der Waals surface area contributed by atoms with Crippen LogP contribution < -0.4 is 10.5 Å². The van der Waals surface area contributed by atoms with E-state index in [1.54, 1.807) is 11.3 Å². The van der Waals surface area contributed by atoms with Crippen molar-refractivity contribution in [3.63, 3.8) is 0 Å². The molecule has 2 N–H and O–H groups in total. The first-order valence-corrected chi connectivity index (χ1v) is 7.32. The fourth-order valence-electron chi connectivity index (χ4n) is 1.61. The van der Waals surface area contributed by atoms with Crippen LogP contribution in [0.5, 0.6) is 5.75 Å². The molecule has 96 valence electrons. The minimum atomic E-state index is 0.565. The Morgan fingerprint density at radius 3 is 2.94 bits per heavy atom. The van der Waals surface area contributed by atoms with Crippen LogP contribution in [0.25, 0.3) is 0 Å². The van der Waals surface area contributed by atoms with E-state index in [9.17, 15) is 0 Å². The molecule has 0 fully saturated rings. The maximum atomic E-state index is 5.76. The highest BCUT2D eigenvalue weighted by Gasteiger charge is 2.03. The van der Waals surface area contributed by atoms with Gasteiger partial charge < -0.3 is 10.5 Å². The van der Waals surface area contributed by atoms with Crippen molar-refractivity contribution in [2.45, 2.75) is 20.0 Å². The Morgan fingerprint density at radius 1 is 1.44 bits per heavy atom. The van der Waals surface area contributed by atoms with E-state index in [1.165, 1.54) is 5.56 Å². The number of nitrogens with two attached hydrogens (primary N) is 1. The van der Waals surface area contributed by atoms with Gasteiger partial charge in [0.15, 0.2) is 0 Å². The van der Waals surface area contributed by atoms with E-state index in [1.807, 2.05) is 31.3 Å². The summed E-state index contributed by atoms with van der Waals surface area (Å²) in [7, 11) is 0. The van der Waals surface area contributed by atoms with Crippen LogP contribution in [-0.2, 0) is 13.0 Å². The van der Waals surface area contributed by atoms with Crippen molar-refractivity contribution < 1.29 is 4.74 Å². The van der Waals surface area contributed by atoms with Gasteiger partial charge in [-0.2, -0.15) is 0 Å². The topological polar surface area (TPSA) is 48.1 Å². The molecule has 0 aliphatic carbocycles. The maximum Gasteiger partial charge on any atom is 0.124 e. The number of aromatic nitrogens is 1. The van der Waals surface area contributed by atoms with E-state index >= 15 is 0 Å². The molecule has 3 nitrogen and oxygen atoms in total. The minimum Gasteiger partial charge on any atom is -0.488 e. The van der Waals surface area contributed by atoms with Gasteiger partial charge in [-0.1, -0.05) is 15.9 Å². The number of rotatable bonds is 5. The fourth-order valence-corrected chi connectivity index (χ4v) is 2.77. The lowest BCUT2D eigenvalue weighted by molar-refractivity contribution is 0.309. The maximum absolute atomic E-state index is 5.76.